The van der Waals surface area contributed by atoms with Gasteiger partial charge >= 0.3 is 6.03 Å². The van der Waals surface area contributed by atoms with Gasteiger partial charge in [0.1, 0.15) is 0 Å². The zero-order valence-electron chi connectivity index (χ0n) is 17.0. The lowest BCUT2D eigenvalue weighted by Gasteiger charge is -2.37. The normalized spacial score (nSPS) is 25.1. The van der Waals surface area contributed by atoms with E-state index in [1.165, 1.54) is 58.2 Å². The van der Waals surface area contributed by atoms with Gasteiger partial charge in [-0.05, 0) is 77.5 Å². The van der Waals surface area contributed by atoms with Crippen molar-refractivity contribution in [2.45, 2.75) is 83.2 Å². The highest BCUT2D eigenvalue weighted by Crippen LogP contribution is 2.22. The number of carbonyl (C=O) groups is 2. The molecule has 2 heterocycles. The van der Waals surface area contributed by atoms with Crippen molar-refractivity contribution in [2.24, 2.45) is 5.92 Å². The Kier molecular flexibility index (Phi) is 7.94. The van der Waals surface area contributed by atoms with E-state index >= 15 is 0 Å². The van der Waals surface area contributed by atoms with Gasteiger partial charge in [-0.2, -0.15) is 0 Å². The summed E-state index contributed by atoms with van der Waals surface area (Å²) in [6, 6.07) is -0.323. The molecule has 0 bridgehead atoms. The van der Waals surface area contributed by atoms with E-state index in [2.05, 4.69) is 20.4 Å². The van der Waals surface area contributed by atoms with Crippen molar-refractivity contribution < 1.29 is 9.59 Å². The summed E-state index contributed by atoms with van der Waals surface area (Å²) in [5.41, 5.74) is 0. The second-order valence-electron chi connectivity index (χ2n) is 8.81. The number of hydrogen-bond donors (Lipinski definition) is 2. The number of imide groups is 1. The SMILES string of the molecule is CC(C(=O)NC(=O)NC1CCCC1)N1CCC(CN2CCCCCC2)CC1. The molecule has 3 fully saturated rings. The average Bonchev–Trinajstić information content (AvgIpc) is 3.03. The second-order valence-corrected chi connectivity index (χ2v) is 8.81. The van der Waals surface area contributed by atoms with Gasteiger partial charge in [0.25, 0.3) is 0 Å². The summed E-state index contributed by atoms with van der Waals surface area (Å²) in [4.78, 5) is 29.4. The molecule has 27 heavy (non-hydrogen) atoms. The third-order valence-electron chi connectivity index (χ3n) is 6.72. The number of rotatable bonds is 5. The van der Waals surface area contributed by atoms with E-state index in [1.54, 1.807) is 0 Å². The summed E-state index contributed by atoms with van der Waals surface area (Å²) in [6.07, 6.45) is 12.2. The predicted molar refractivity (Wildman–Crippen MR) is 108 cm³/mol. The van der Waals surface area contributed by atoms with Crippen LogP contribution in [-0.2, 0) is 4.79 Å². The summed E-state index contributed by atoms with van der Waals surface area (Å²) < 4.78 is 0. The molecule has 3 aliphatic rings. The molecule has 6 heteroatoms. The van der Waals surface area contributed by atoms with Crippen LogP contribution >= 0.6 is 0 Å². The number of nitrogens with zero attached hydrogens (tertiary/aromatic N) is 2. The molecule has 1 atom stereocenters. The Hall–Kier alpha value is -1.14. The van der Waals surface area contributed by atoms with Gasteiger partial charge in [-0.25, -0.2) is 4.79 Å². The fraction of sp³-hybridized carbons (Fsp3) is 0.905. The molecule has 154 valence electrons. The van der Waals surface area contributed by atoms with Crippen molar-refractivity contribution in [3.05, 3.63) is 0 Å². The Balaban J connectivity index is 1.36. The van der Waals surface area contributed by atoms with E-state index in [0.717, 1.165) is 44.7 Å². The summed E-state index contributed by atoms with van der Waals surface area (Å²) in [5, 5.41) is 5.48. The zero-order chi connectivity index (χ0) is 19.1. The lowest BCUT2D eigenvalue weighted by atomic mass is 9.95. The van der Waals surface area contributed by atoms with Crippen LogP contribution in [0.4, 0.5) is 4.79 Å². The number of carbonyl (C=O) groups excluding carboxylic acids is 2. The standard InChI is InChI=1S/C21H38N4O2/c1-17(20(26)23-21(27)22-19-8-4-5-9-19)25-14-10-18(11-15-25)16-24-12-6-2-3-7-13-24/h17-19H,2-16H2,1H3,(H2,22,23,26,27). The molecule has 2 N–H and O–H groups in total. The van der Waals surface area contributed by atoms with Gasteiger partial charge in [-0.15, -0.1) is 0 Å². The van der Waals surface area contributed by atoms with E-state index in [4.69, 9.17) is 0 Å². The van der Waals surface area contributed by atoms with Crippen LogP contribution in [0.2, 0.25) is 0 Å². The zero-order valence-corrected chi connectivity index (χ0v) is 17.0. The Morgan fingerprint density at radius 1 is 0.889 bits per heavy atom. The molecular formula is C21H38N4O2. The molecule has 0 aromatic carbocycles. The summed E-state index contributed by atoms with van der Waals surface area (Å²) in [5.74, 6) is 0.580. The van der Waals surface area contributed by atoms with Crippen LogP contribution in [0.3, 0.4) is 0 Å². The number of piperidine rings is 1. The third kappa shape index (κ3) is 6.46. The minimum Gasteiger partial charge on any atom is -0.335 e. The smallest absolute Gasteiger partial charge is 0.321 e. The van der Waals surface area contributed by atoms with Crippen molar-refractivity contribution in [3.8, 4) is 0 Å². The van der Waals surface area contributed by atoms with E-state index in [0.29, 0.717) is 0 Å². The highest BCUT2D eigenvalue weighted by Gasteiger charge is 2.29. The fourth-order valence-corrected chi connectivity index (χ4v) is 4.88. The largest absolute Gasteiger partial charge is 0.335 e. The highest BCUT2D eigenvalue weighted by molar-refractivity contribution is 5.96. The molecule has 2 aliphatic heterocycles. The van der Waals surface area contributed by atoms with Crippen molar-refractivity contribution in [3.63, 3.8) is 0 Å². The molecule has 1 aliphatic carbocycles. The first kappa shape index (κ1) is 20.6. The summed E-state index contributed by atoms with van der Waals surface area (Å²) >= 11 is 0. The van der Waals surface area contributed by atoms with Crippen molar-refractivity contribution >= 4 is 11.9 Å². The van der Waals surface area contributed by atoms with E-state index in [-0.39, 0.29) is 24.0 Å². The molecule has 1 unspecified atom stereocenters. The first-order valence-corrected chi connectivity index (χ1v) is 11.2. The molecule has 0 spiro atoms. The van der Waals surface area contributed by atoms with Gasteiger partial charge in [0, 0.05) is 12.6 Å². The molecule has 3 rings (SSSR count). The quantitative estimate of drug-likeness (QED) is 0.772. The van der Waals surface area contributed by atoms with Crippen molar-refractivity contribution in [1.82, 2.24) is 20.4 Å². The molecule has 2 saturated heterocycles. The van der Waals surface area contributed by atoms with Gasteiger partial charge in [-0.3, -0.25) is 15.0 Å². The predicted octanol–water partition coefficient (Wildman–Crippen LogP) is 2.73. The maximum absolute atomic E-state index is 12.4. The summed E-state index contributed by atoms with van der Waals surface area (Å²) in [6.45, 7) is 7.57. The van der Waals surface area contributed by atoms with Gasteiger partial charge in [-0.1, -0.05) is 25.7 Å². The molecule has 0 radical (unpaired) electrons. The highest BCUT2D eigenvalue weighted by atomic mass is 16.2. The minimum atomic E-state index is -0.324. The Bertz CT molecular complexity index is 477. The third-order valence-corrected chi connectivity index (χ3v) is 6.72. The molecular weight excluding hydrogens is 340 g/mol. The first-order valence-electron chi connectivity index (χ1n) is 11.2. The van der Waals surface area contributed by atoms with Crippen LogP contribution in [0, 0.1) is 5.92 Å². The number of likely N-dealkylation sites (tertiary alicyclic amines) is 2. The van der Waals surface area contributed by atoms with Crippen LogP contribution in [0.25, 0.3) is 0 Å². The fourth-order valence-electron chi connectivity index (χ4n) is 4.88. The second kappa shape index (κ2) is 10.4. The topological polar surface area (TPSA) is 64.7 Å². The van der Waals surface area contributed by atoms with Gasteiger partial charge in [0.15, 0.2) is 0 Å². The maximum atomic E-state index is 12.4. The van der Waals surface area contributed by atoms with E-state index in [9.17, 15) is 9.59 Å². The Labute approximate surface area is 164 Å². The molecule has 0 aromatic heterocycles. The maximum Gasteiger partial charge on any atom is 0.321 e. The van der Waals surface area contributed by atoms with Crippen LogP contribution in [0.15, 0.2) is 0 Å². The van der Waals surface area contributed by atoms with E-state index < -0.39 is 0 Å². The number of hydrogen-bond acceptors (Lipinski definition) is 4. The van der Waals surface area contributed by atoms with Crippen LogP contribution in [0.1, 0.15) is 71.1 Å². The molecule has 6 nitrogen and oxygen atoms in total. The van der Waals surface area contributed by atoms with Crippen LogP contribution in [0.5, 0.6) is 0 Å². The number of urea groups is 1. The molecule has 1 saturated carbocycles. The number of amides is 3. The molecule has 3 amide bonds. The molecule has 0 aromatic rings. The van der Waals surface area contributed by atoms with Gasteiger partial charge in [0.05, 0.1) is 6.04 Å². The Morgan fingerprint density at radius 2 is 1.52 bits per heavy atom. The summed E-state index contributed by atoms with van der Waals surface area (Å²) in [7, 11) is 0. The van der Waals surface area contributed by atoms with E-state index in [1.807, 2.05) is 6.92 Å². The van der Waals surface area contributed by atoms with Crippen LogP contribution < -0.4 is 10.6 Å². The van der Waals surface area contributed by atoms with Gasteiger partial charge < -0.3 is 10.2 Å². The lowest BCUT2D eigenvalue weighted by molar-refractivity contribution is -0.125. The van der Waals surface area contributed by atoms with Crippen molar-refractivity contribution in [2.75, 3.05) is 32.7 Å². The first-order chi connectivity index (χ1) is 13.1. The van der Waals surface area contributed by atoms with Crippen LogP contribution in [-0.4, -0.2) is 66.5 Å². The Morgan fingerprint density at radius 3 is 2.15 bits per heavy atom. The number of nitrogens with one attached hydrogen (secondary N) is 2. The van der Waals surface area contributed by atoms with Gasteiger partial charge in [0.2, 0.25) is 5.91 Å². The monoisotopic (exact) mass is 378 g/mol. The average molecular weight is 379 g/mol. The minimum absolute atomic E-state index is 0.170. The lowest BCUT2D eigenvalue weighted by Crippen LogP contribution is -2.53. The van der Waals surface area contributed by atoms with Crippen molar-refractivity contribution in [1.29, 1.82) is 0 Å².